The van der Waals surface area contributed by atoms with E-state index in [1.54, 1.807) is 18.2 Å². The smallest absolute Gasteiger partial charge is 0.251 e. The largest absolute Gasteiger partial charge is 0.352 e. The first-order valence-corrected chi connectivity index (χ1v) is 4.28. The fourth-order valence-electron chi connectivity index (χ4n) is 1.66. The Morgan fingerprint density at radius 2 is 2.31 bits per heavy atom. The molecule has 3 heteroatoms. The van der Waals surface area contributed by atoms with Crippen LogP contribution in [0.5, 0.6) is 0 Å². The molecule has 0 radical (unpaired) electrons. The van der Waals surface area contributed by atoms with E-state index in [4.69, 9.17) is 0 Å². The summed E-state index contributed by atoms with van der Waals surface area (Å²) in [6, 6.07) is 5.19. The summed E-state index contributed by atoms with van der Waals surface area (Å²) in [5.41, 5.74) is 2.14. The summed E-state index contributed by atoms with van der Waals surface area (Å²) < 4.78 is 12.5. The number of carbonyl (C=O) groups excluding carboxylic acids is 1. The highest BCUT2D eigenvalue weighted by Crippen LogP contribution is 2.19. The minimum Gasteiger partial charge on any atom is -0.352 e. The second kappa shape index (κ2) is 3.17. The van der Waals surface area contributed by atoms with E-state index in [9.17, 15) is 9.18 Å². The SMILES string of the molecule is O=C1NCCc2c(CF)cccc21. The van der Waals surface area contributed by atoms with Gasteiger partial charge < -0.3 is 5.32 Å². The normalized spacial score (nSPS) is 15.0. The lowest BCUT2D eigenvalue weighted by Gasteiger charge is -2.18. The van der Waals surface area contributed by atoms with Crippen molar-refractivity contribution >= 4 is 5.91 Å². The number of hydrogen-bond donors (Lipinski definition) is 1. The molecule has 0 bridgehead atoms. The van der Waals surface area contributed by atoms with Crippen LogP contribution >= 0.6 is 0 Å². The van der Waals surface area contributed by atoms with Gasteiger partial charge in [-0.2, -0.15) is 0 Å². The molecule has 0 atom stereocenters. The zero-order valence-electron chi connectivity index (χ0n) is 7.14. The number of rotatable bonds is 1. The van der Waals surface area contributed by atoms with Gasteiger partial charge in [0.15, 0.2) is 0 Å². The van der Waals surface area contributed by atoms with Crippen LogP contribution < -0.4 is 5.32 Å². The number of alkyl halides is 1. The summed E-state index contributed by atoms with van der Waals surface area (Å²) in [6.45, 7) is 0.124. The summed E-state index contributed by atoms with van der Waals surface area (Å²) in [7, 11) is 0. The van der Waals surface area contributed by atoms with E-state index in [0.717, 1.165) is 12.0 Å². The van der Waals surface area contributed by atoms with Crippen LogP contribution in [-0.4, -0.2) is 12.5 Å². The molecule has 0 unspecified atom stereocenters. The van der Waals surface area contributed by atoms with Crippen LogP contribution in [0.4, 0.5) is 4.39 Å². The van der Waals surface area contributed by atoms with E-state index in [1.165, 1.54) is 0 Å². The monoisotopic (exact) mass is 179 g/mol. The van der Waals surface area contributed by atoms with Crippen molar-refractivity contribution in [3.05, 3.63) is 34.9 Å². The Labute approximate surface area is 75.8 Å². The maximum atomic E-state index is 12.5. The van der Waals surface area contributed by atoms with Gasteiger partial charge in [0.2, 0.25) is 0 Å². The highest BCUT2D eigenvalue weighted by Gasteiger charge is 2.18. The molecule has 0 saturated carbocycles. The Morgan fingerprint density at radius 3 is 3.08 bits per heavy atom. The Balaban J connectivity index is 2.54. The summed E-state index contributed by atoms with van der Waals surface area (Å²) in [5.74, 6) is -0.0865. The summed E-state index contributed by atoms with van der Waals surface area (Å²) >= 11 is 0. The quantitative estimate of drug-likeness (QED) is 0.694. The van der Waals surface area contributed by atoms with Gasteiger partial charge in [0, 0.05) is 12.1 Å². The van der Waals surface area contributed by atoms with E-state index >= 15 is 0 Å². The molecule has 1 aliphatic rings. The van der Waals surface area contributed by atoms with Gasteiger partial charge in [0.1, 0.15) is 6.67 Å². The van der Waals surface area contributed by atoms with E-state index < -0.39 is 6.67 Å². The average Bonchev–Trinajstić information content (AvgIpc) is 2.18. The van der Waals surface area contributed by atoms with Gasteiger partial charge in [-0.05, 0) is 23.6 Å². The highest BCUT2D eigenvalue weighted by atomic mass is 19.1. The molecule has 1 N–H and O–H groups in total. The molecule has 0 saturated heterocycles. The molecule has 0 aromatic heterocycles. The molecule has 1 aromatic carbocycles. The van der Waals surface area contributed by atoms with E-state index in [2.05, 4.69) is 5.32 Å². The number of halogens is 1. The predicted molar refractivity (Wildman–Crippen MR) is 47.3 cm³/mol. The number of amides is 1. The Morgan fingerprint density at radius 1 is 1.46 bits per heavy atom. The lowest BCUT2D eigenvalue weighted by molar-refractivity contribution is 0.0945. The van der Waals surface area contributed by atoms with Gasteiger partial charge in [0.05, 0.1) is 0 Å². The van der Waals surface area contributed by atoms with Crippen LogP contribution in [0.2, 0.25) is 0 Å². The molecule has 1 aromatic rings. The van der Waals surface area contributed by atoms with Crippen molar-refractivity contribution in [1.82, 2.24) is 5.32 Å². The van der Waals surface area contributed by atoms with E-state index in [-0.39, 0.29) is 5.91 Å². The third-order valence-corrected chi connectivity index (χ3v) is 2.32. The molecule has 13 heavy (non-hydrogen) atoms. The molecule has 1 heterocycles. The molecule has 2 rings (SSSR count). The first-order chi connectivity index (χ1) is 6.33. The first-order valence-electron chi connectivity index (χ1n) is 4.28. The first kappa shape index (κ1) is 8.23. The average molecular weight is 179 g/mol. The predicted octanol–water partition coefficient (Wildman–Crippen LogP) is 1.44. The maximum absolute atomic E-state index is 12.5. The molecule has 2 nitrogen and oxygen atoms in total. The molecule has 68 valence electrons. The van der Waals surface area contributed by atoms with Gasteiger partial charge in [-0.15, -0.1) is 0 Å². The van der Waals surface area contributed by atoms with Crippen molar-refractivity contribution in [2.75, 3.05) is 6.54 Å². The molecular formula is C10H10FNO. The van der Waals surface area contributed by atoms with Gasteiger partial charge >= 0.3 is 0 Å². The fraction of sp³-hybridized carbons (Fsp3) is 0.300. The molecular weight excluding hydrogens is 169 g/mol. The number of nitrogens with one attached hydrogen (secondary N) is 1. The zero-order chi connectivity index (χ0) is 9.26. The maximum Gasteiger partial charge on any atom is 0.251 e. The minimum absolute atomic E-state index is 0.0865. The van der Waals surface area contributed by atoms with Crippen molar-refractivity contribution in [3.63, 3.8) is 0 Å². The molecule has 0 spiro atoms. The number of carbonyl (C=O) groups is 1. The minimum atomic E-state index is -0.490. The molecule has 0 aliphatic carbocycles. The van der Waals surface area contributed by atoms with Crippen LogP contribution in [0, 0.1) is 0 Å². The van der Waals surface area contributed by atoms with Gasteiger partial charge in [0.25, 0.3) is 5.91 Å². The van der Waals surface area contributed by atoms with Crippen molar-refractivity contribution in [3.8, 4) is 0 Å². The van der Waals surface area contributed by atoms with Crippen molar-refractivity contribution in [1.29, 1.82) is 0 Å². The van der Waals surface area contributed by atoms with Crippen LogP contribution in [-0.2, 0) is 13.1 Å². The number of benzene rings is 1. The van der Waals surface area contributed by atoms with E-state index in [0.29, 0.717) is 17.7 Å². The number of hydrogen-bond acceptors (Lipinski definition) is 1. The van der Waals surface area contributed by atoms with Crippen molar-refractivity contribution in [2.24, 2.45) is 0 Å². The Bertz CT molecular complexity index is 349. The lowest BCUT2D eigenvalue weighted by Crippen LogP contribution is -2.32. The van der Waals surface area contributed by atoms with Crippen molar-refractivity contribution in [2.45, 2.75) is 13.1 Å². The van der Waals surface area contributed by atoms with Crippen LogP contribution in [0.15, 0.2) is 18.2 Å². The third-order valence-electron chi connectivity index (χ3n) is 2.32. The second-order valence-corrected chi connectivity index (χ2v) is 3.08. The fourth-order valence-corrected chi connectivity index (χ4v) is 1.66. The van der Waals surface area contributed by atoms with Gasteiger partial charge in [-0.1, -0.05) is 12.1 Å². The van der Waals surface area contributed by atoms with Crippen LogP contribution in [0.3, 0.4) is 0 Å². The standard InChI is InChI=1S/C10H10FNO/c11-6-7-2-1-3-9-8(7)4-5-12-10(9)13/h1-3H,4-6H2,(H,12,13). The summed E-state index contributed by atoms with van der Waals surface area (Å²) in [4.78, 5) is 11.3. The van der Waals surface area contributed by atoms with Crippen LogP contribution in [0.25, 0.3) is 0 Å². The second-order valence-electron chi connectivity index (χ2n) is 3.08. The molecule has 0 fully saturated rings. The Kier molecular flexibility index (Phi) is 2.00. The summed E-state index contributed by atoms with van der Waals surface area (Å²) in [6.07, 6.45) is 0.737. The zero-order valence-corrected chi connectivity index (χ0v) is 7.14. The topological polar surface area (TPSA) is 29.1 Å². The molecule has 1 aliphatic heterocycles. The van der Waals surface area contributed by atoms with Gasteiger partial charge in [-0.3, -0.25) is 4.79 Å². The highest BCUT2D eigenvalue weighted by molar-refractivity contribution is 5.97. The summed E-state index contributed by atoms with van der Waals surface area (Å²) in [5, 5.41) is 2.73. The third kappa shape index (κ3) is 1.30. The van der Waals surface area contributed by atoms with Gasteiger partial charge in [-0.25, -0.2) is 4.39 Å². The van der Waals surface area contributed by atoms with E-state index in [1.807, 2.05) is 0 Å². The lowest BCUT2D eigenvalue weighted by atomic mass is 9.96. The number of fused-ring (bicyclic) bond motifs is 1. The van der Waals surface area contributed by atoms with Crippen molar-refractivity contribution < 1.29 is 9.18 Å². The molecule has 1 amide bonds. The Hall–Kier alpha value is -1.38. The van der Waals surface area contributed by atoms with Crippen LogP contribution in [0.1, 0.15) is 21.5 Å².